The van der Waals surface area contributed by atoms with E-state index in [1.54, 1.807) is 0 Å². The maximum atomic E-state index is 5.49. The molecule has 0 aromatic rings. The molecular weight excluding hydrogens is 253 g/mol. The van der Waals surface area contributed by atoms with E-state index in [9.17, 15) is 0 Å². The fourth-order valence-corrected chi connectivity index (χ4v) is 1.71. The van der Waals surface area contributed by atoms with Crippen molar-refractivity contribution < 1.29 is 4.74 Å². The van der Waals surface area contributed by atoms with Crippen LogP contribution in [0, 0.1) is 0 Å². The minimum atomic E-state index is 0.553. The molecule has 1 unspecified atom stereocenters. The Bertz CT molecular complexity index is 94.1. The molecule has 1 saturated heterocycles. The predicted molar refractivity (Wildman–Crippen MR) is 55.3 cm³/mol. The molecular formula is C8H16INO. The van der Waals surface area contributed by atoms with Crippen molar-refractivity contribution in [2.45, 2.75) is 25.4 Å². The first-order valence-electron chi connectivity index (χ1n) is 4.32. The molecule has 0 bridgehead atoms. The zero-order valence-electron chi connectivity index (χ0n) is 6.81. The van der Waals surface area contributed by atoms with Gasteiger partial charge in [0, 0.05) is 17.6 Å². The van der Waals surface area contributed by atoms with E-state index in [-0.39, 0.29) is 0 Å². The Morgan fingerprint density at radius 1 is 1.45 bits per heavy atom. The van der Waals surface area contributed by atoms with Gasteiger partial charge in [-0.05, 0) is 25.8 Å². The van der Waals surface area contributed by atoms with Crippen LogP contribution in [-0.4, -0.2) is 30.2 Å². The summed E-state index contributed by atoms with van der Waals surface area (Å²) in [4.78, 5) is 0. The van der Waals surface area contributed by atoms with Gasteiger partial charge in [-0.3, -0.25) is 0 Å². The highest BCUT2D eigenvalue weighted by Gasteiger charge is 2.13. The van der Waals surface area contributed by atoms with Crippen molar-refractivity contribution in [3.8, 4) is 0 Å². The third-order valence-electron chi connectivity index (χ3n) is 1.94. The Labute approximate surface area is 82.2 Å². The zero-order chi connectivity index (χ0) is 7.94. The fourth-order valence-electron chi connectivity index (χ4n) is 1.33. The summed E-state index contributed by atoms with van der Waals surface area (Å²) in [5.74, 6) is 0. The van der Waals surface area contributed by atoms with Crippen molar-refractivity contribution in [2.75, 3.05) is 24.1 Å². The molecule has 1 rings (SSSR count). The van der Waals surface area contributed by atoms with Crippen LogP contribution in [0.3, 0.4) is 0 Å². The van der Waals surface area contributed by atoms with Crippen molar-refractivity contribution >= 4 is 22.6 Å². The lowest BCUT2D eigenvalue weighted by Gasteiger charge is -2.08. The van der Waals surface area contributed by atoms with Crippen molar-refractivity contribution in [1.29, 1.82) is 0 Å². The van der Waals surface area contributed by atoms with Gasteiger partial charge in [-0.25, -0.2) is 0 Å². The summed E-state index contributed by atoms with van der Waals surface area (Å²) in [6, 6.07) is 0. The zero-order valence-corrected chi connectivity index (χ0v) is 8.97. The molecule has 3 heteroatoms. The molecule has 1 heterocycles. The standard InChI is InChI=1S/C8H16INO/c9-4-6-10-5-3-8-2-1-7-11-8/h8,10H,1-7H2. The molecule has 0 radical (unpaired) electrons. The van der Waals surface area contributed by atoms with Crippen LogP contribution in [0.2, 0.25) is 0 Å². The summed E-state index contributed by atoms with van der Waals surface area (Å²) in [7, 11) is 0. The molecule has 66 valence electrons. The Hall–Kier alpha value is 0.650. The normalized spacial score (nSPS) is 24.3. The lowest BCUT2D eigenvalue weighted by atomic mass is 10.2. The molecule has 0 aromatic heterocycles. The molecule has 1 fully saturated rings. The quantitative estimate of drug-likeness (QED) is 0.465. The molecule has 1 aliphatic rings. The highest BCUT2D eigenvalue weighted by molar-refractivity contribution is 14.1. The van der Waals surface area contributed by atoms with Crippen LogP contribution < -0.4 is 5.32 Å². The van der Waals surface area contributed by atoms with Crippen LogP contribution in [0.5, 0.6) is 0 Å². The molecule has 0 spiro atoms. The fraction of sp³-hybridized carbons (Fsp3) is 1.00. The monoisotopic (exact) mass is 269 g/mol. The topological polar surface area (TPSA) is 21.3 Å². The summed E-state index contributed by atoms with van der Waals surface area (Å²) in [5.41, 5.74) is 0. The maximum Gasteiger partial charge on any atom is 0.0588 e. The van der Waals surface area contributed by atoms with E-state index in [1.165, 1.54) is 23.7 Å². The predicted octanol–water partition coefficient (Wildman–Crippen LogP) is 1.58. The van der Waals surface area contributed by atoms with Gasteiger partial charge in [0.15, 0.2) is 0 Å². The number of hydrogen-bond acceptors (Lipinski definition) is 2. The summed E-state index contributed by atoms with van der Waals surface area (Å²) in [5, 5.41) is 3.37. The van der Waals surface area contributed by atoms with Gasteiger partial charge in [-0.1, -0.05) is 22.6 Å². The van der Waals surface area contributed by atoms with Crippen LogP contribution in [0.15, 0.2) is 0 Å². The van der Waals surface area contributed by atoms with Crippen molar-refractivity contribution in [2.24, 2.45) is 0 Å². The van der Waals surface area contributed by atoms with Crippen LogP contribution in [0.25, 0.3) is 0 Å². The van der Waals surface area contributed by atoms with Crippen LogP contribution >= 0.6 is 22.6 Å². The second kappa shape index (κ2) is 6.20. The lowest BCUT2D eigenvalue weighted by molar-refractivity contribution is 0.104. The molecule has 0 aliphatic carbocycles. The Morgan fingerprint density at radius 3 is 3.00 bits per heavy atom. The molecule has 11 heavy (non-hydrogen) atoms. The lowest BCUT2D eigenvalue weighted by Crippen LogP contribution is -2.21. The van der Waals surface area contributed by atoms with Crippen LogP contribution in [0.1, 0.15) is 19.3 Å². The summed E-state index contributed by atoms with van der Waals surface area (Å²) in [6.45, 7) is 3.23. The third-order valence-corrected chi connectivity index (χ3v) is 2.48. The smallest absolute Gasteiger partial charge is 0.0588 e. The number of nitrogens with one attached hydrogen (secondary N) is 1. The third kappa shape index (κ3) is 4.28. The Morgan fingerprint density at radius 2 is 2.36 bits per heavy atom. The number of hydrogen-bond donors (Lipinski definition) is 1. The summed E-state index contributed by atoms with van der Waals surface area (Å²) >= 11 is 2.38. The van der Waals surface area contributed by atoms with Gasteiger partial charge >= 0.3 is 0 Å². The Kier molecular flexibility index (Phi) is 5.49. The largest absolute Gasteiger partial charge is 0.378 e. The van der Waals surface area contributed by atoms with Gasteiger partial charge in [0.05, 0.1) is 6.10 Å². The van der Waals surface area contributed by atoms with Crippen molar-refractivity contribution in [3.05, 3.63) is 0 Å². The number of alkyl halides is 1. The molecule has 1 aliphatic heterocycles. The highest BCUT2D eigenvalue weighted by Crippen LogP contribution is 2.14. The van der Waals surface area contributed by atoms with Crippen molar-refractivity contribution in [3.63, 3.8) is 0 Å². The maximum absolute atomic E-state index is 5.49. The molecule has 0 aromatic carbocycles. The number of rotatable bonds is 5. The second-order valence-electron chi connectivity index (χ2n) is 2.86. The second-order valence-corrected chi connectivity index (χ2v) is 3.94. The van der Waals surface area contributed by atoms with E-state index >= 15 is 0 Å². The van der Waals surface area contributed by atoms with Crippen molar-refractivity contribution in [1.82, 2.24) is 5.32 Å². The summed E-state index contributed by atoms with van der Waals surface area (Å²) < 4.78 is 6.69. The number of halogens is 1. The van der Waals surface area contributed by atoms with Gasteiger partial charge in [-0.2, -0.15) is 0 Å². The van der Waals surface area contributed by atoms with Gasteiger partial charge in [0.1, 0.15) is 0 Å². The SMILES string of the molecule is ICCNCCC1CCCO1. The average molecular weight is 269 g/mol. The van der Waals surface area contributed by atoms with Gasteiger partial charge < -0.3 is 10.1 Å². The van der Waals surface area contributed by atoms with E-state index in [4.69, 9.17) is 4.74 Å². The van der Waals surface area contributed by atoms with E-state index in [1.807, 2.05) is 0 Å². The minimum Gasteiger partial charge on any atom is -0.378 e. The van der Waals surface area contributed by atoms with Crippen LogP contribution in [-0.2, 0) is 4.74 Å². The summed E-state index contributed by atoms with van der Waals surface area (Å²) in [6.07, 6.45) is 4.27. The Balaban J connectivity index is 1.86. The van der Waals surface area contributed by atoms with Gasteiger partial charge in [0.2, 0.25) is 0 Å². The van der Waals surface area contributed by atoms with Gasteiger partial charge in [0.25, 0.3) is 0 Å². The van der Waals surface area contributed by atoms with E-state index in [0.717, 1.165) is 19.7 Å². The minimum absolute atomic E-state index is 0.553. The van der Waals surface area contributed by atoms with E-state index in [2.05, 4.69) is 27.9 Å². The van der Waals surface area contributed by atoms with Gasteiger partial charge in [-0.15, -0.1) is 0 Å². The average Bonchev–Trinajstić information content (AvgIpc) is 2.50. The first-order chi connectivity index (χ1) is 5.43. The van der Waals surface area contributed by atoms with E-state index < -0.39 is 0 Å². The molecule has 0 amide bonds. The number of ether oxygens (including phenoxy) is 1. The molecule has 2 nitrogen and oxygen atoms in total. The van der Waals surface area contributed by atoms with Crippen LogP contribution in [0.4, 0.5) is 0 Å². The molecule has 0 saturated carbocycles. The first-order valence-corrected chi connectivity index (χ1v) is 5.84. The van der Waals surface area contributed by atoms with E-state index in [0.29, 0.717) is 6.10 Å². The highest BCUT2D eigenvalue weighted by atomic mass is 127. The first kappa shape index (κ1) is 9.74. The molecule has 1 N–H and O–H groups in total. The molecule has 1 atom stereocenters.